The molecular weight excluding hydrogens is 418 g/mol. The van der Waals surface area contributed by atoms with Gasteiger partial charge in [-0.2, -0.15) is 0 Å². The van der Waals surface area contributed by atoms with E-state index in [1.54, 1.807) is 11.3 Å². The maximum absolute atomic E-state index is 12.3. The van der Waals surface area contributed by atoms with Gasteiger partial charge in [0.1, 0.15) is 0 Å². The molecule has 3 aromatic rings. The van der Waals surface area contributed by atoms with Crippen molar-refractivity contribution in [2.24, 2.45) is 0 Å². The van der Waals surface area contributed by atoms with Crippen molar-refractivity contribution in [2.45, 2.75) is 32.2 Å². The van der Waals surface area contributed by atoms with Crippen molar-refractivity contribution >= 4 is 40.4 Å². The minimum atomic E-state index is -0.0617. The molecule has 0 aliphatic carbocycles. The first-order valence-corrected chi connectivity index (χ1v) is 11.2. The SMILES string of the molecule is O=C(Cc1csc(Cc2cccc(Cl)c2)n1)NCc1ccc(N2CCCC2=O)cc1. The lowest BCUT2D eigenvalue weighted by Gasteiger charge is -2.16. The molecule has 154 valence electrons. The van der Waals surface area contributed by atoms with Gasteiger partial charge in [-0.05, 0) is 41.8 Å². The van der Waals surface area contributed by atoms with Crippen LogP contribution in [-0.4, -0.2) is 23.3 Å². The summed E-state index contributed by atoms with van der Waals surface area (Å²) in [5.41, 5.74) is 3.80. The number of nitrogens with zero attached hydrogens (tertiary/aromatic N) is 2. The summed E-state index contributed by atoms with van der Waals surface area (Å²) in [6.07, 6.45) is 2.49. The quantitative estimate of drug-likeness (QED) is 0.594. The summed E-state index contributed by atoms with van der Waals surface area (Å²) in [6.45, 7) is 1.23. The maximum atomic E-state index is 12.3. The molecule has 0 radical (unpaired) electrons. The van der Waals surface area contributed by atoms with Gasteiger partial charge in [0.2, 0.25) is 11.8 Å². The molecule has 2 heterocycles. The molecule has 1 saturated heterocycles. The Labute approximate surface area is 184 Å². The number of thiazole rings is 1. The largest absolute Gasteiger partial charge is 0.352 e. The highest BCUT2D eigenvalue weighted by Gasteiger charge is 2.21. The predicted molar refractivity (Wildman–Crippen MR) is 120 cm³/mol. The Kier molecular flexibility index (Phi) is 6.45. The Bertz CT molecular complexity index is 1050. The van der Waals surface area contributed by atoms with E-state index in [-0.39, 0.29) is 18.2 Å². The molecule has 1 fully saturated rings. The summed E-state index contributed by atoms with van der Waals surface area (Å²) < 4.78 is 0. The molecule has 4 rings (SSSR count). The number of carbonyl (C=O) groups excluding carboxylic acids is 2. The summed E-state index contributed by atoms with van der Waals surface area (Å²) >= 11 is 7.59. The molecule has 0 bridgehead atoms. The Morgan fingerprint density at radius 3 is 2.73 bits per heavy atom. The fraction of sp³-hybridized carbons (Fsp3) is 0.261. The Morgan fingerprint density at radius 1 is 1.17 bits per heavy atom. The van der Waals surface area contributed by atoms with Crippen molar-refractivity contribution in [3.63, 3.8) is 0 Å². The second-order valence-electron chi connectivity index (χ2n) is 7.31. The number of anilines is 1. The number of carbonyl (C=O) groups is 2. The molecule has 2 aromatic carbocycles. The molecule has 5 nitrogen and oxygen atoms in total. The smallest absolute Gasteiger partial charge is 0.227 e. The van der Waals surface area contributed by atoms with Gasteiger partial charge >= 0.3 is 0 Å². The third-order valence-corrected chi connectivity index (χ3v) is 6.13. The molecule has 1 aliphatic rings. The number of hydrogen-bond acceptors (Lipinski definition) is 4. The highest BCUT2D eigenvalue weighted by atomic mass is 35.5. The van der Waals surface area contributed by atoms with Crippen LogP contribution in [0.3, 0.4) is 0 Å². The standard InChI is InChI=1S/C23H22ClN3O2S/c24-18-4-1-3-17(11-18)12-22-26-19(15-30-22)13-21(28)25-14-16-6-8-20(9-7-16)27-10-2-5-23(27)29/h1,3-4,6-9,11,15H,2,5,10,12-14H2,(H,25,28). The van der Waals surface area contributed by atoms with Crippen molar-refractivity contribution in [3.05, 3.63) is 80.8 Å². The Morgan fingerprint density at radius 2 is 2.00 bits per heavy atom. The minimum Gasteiger partial charge on any atom is -0.352 e. The summed E-state index contributed by atoms with van der Waals surface area (Å²) in [7, 11) is 0. The third-order valence-electron chi connectivity index (χ3n) is 5.00. The van der Waals surface area contributed by atoms with Crippen LogP contribution in [0.25, 0.3) is 0 Å². The normalized spacial score (nSPS) is 13.6. The van der Waals surface area contributed by atoms with Crippen LogP contribution in [0.2, 0.25) is 5.02 Å². The summed E-state index contributed by atoms with van der Waals surface area (Å²) in [5, 5.41) is 6.55. The van der Waals surface area contributed by atoms with E-state index >= 15 is 0 Å². The van der Waals surface area contributed by atoms with Gasteiger partial charge in [-0.3, -0.25) is 9.59 Å². The van der Waals surface area contributed by atoms with Crippen LogP contribution >= 0.6 is 22.9 Å². The molecular formula is C23H22ClN3O2S. The monoisotopic (exact) mass is 439 g/mol. The predicted octanol–water partition coefficient (Wildman–Crippen LogP) is 4.37. The average molecular weight is 440 g/mol. The zero-order valence-corrected chi connectivity index (χ0v) is 18.0. The van der Waals surface area contributed by atoms with Gasteiger partial charge < -0.3 is 10.2 Å². The first-order valence-electron chi connectivity index (χ1n) is 9.90. The van der Waals surface area contributed by atoms with Crippen LogP contribution in [-0.2, 0) is 29.0 Å². The minimum absolute atomic E-state index is 0.0617. The van der Waals surface area contributed by atoms with Crippen LogP contribution in [0.4, 0.5) is 5.69 Å². The summed E-state index contributed by atoms with van der Waals surface area (Å²) in [6, 6.07) is 15.5. The fourth-order valence-corrected chi connectivity index (χ4v) is 4.52. The fourth-order valence-electron chi connectivity index (χ4n) is 3.48. The van der Waals surface area contributed by atoms with E-state index < -0.39 is 0 Å². The van der Waals surface area contributed by atoms with Crippen molar-refractivity contribution in [1.82, 2.24) is 10.3 Å². The molecule has 7 heteroatoms. The average Bonchev–Trinajstić information content (AvgIpc) is 3.35. The number of aromatic nitrogens is 1. The first-order chi connectivity index (χ1) is 14.6. The number of rotatable bonds is 7. The van der Waals surface area contributed by atoms with E-state index in [4.69, 9.17) is 11.6 Å². The van der Waals surface area contributed by atoms with Gasteiger partial charge in [0, 0.05) is 42.0 Å². The van der Waals surface area contributed by atoms with Gasteiger partial charge in [0.15, 0.2) is 0 Å². The highest BCUT2D eigenvalue weighted by molar-refractivity contribution is 7.09. The maximum Gasteiger partial charge on any atom is 0.227 e. The van der Waals surface area contributed by atoms with Gasteiger partial charge in [-0.1, -0.05) is 35.9 Å². The molecule has 1 aliphatic heterocycles. The second-order valence-corrected chi connectivity index (χ2v) is 8.69. The van der Waals surface area contributed by atoms with Crippen molar-refractivity contribution < 1.29 is 9.59 Å². The topological polar surface area (TPSA) is 62.3 Å². The lowest BCUT2D eigenvalue weighted by atomic mass is 10.1. The van der Waals surface area contributed by atoms with Crippen LogP contribution in [0, 0.1) is 0 Å². The van der Waals surface area contributed by atoms with Crippen molar-refractivity contribution in [2.75, 3.05) is 11.4 Å². The first kappa shape index (κ1) is 20.6. The van der Waals surface area contributed by atoms with Gasteiger partial charge in [0.25, 0.3) is 0 Å². The van der Waals surface area contributed by atoms with Gasteiger partial charge in [-0.15, -0.1) is 11.3 Å². The number of nitrogens with one attached hydrogen (secondary N) is 1. The molecule has 0 unspecified atom stereocenters. The molecule has 0 atom stereocenters. The Hall–Kier alpha value is -2.70. The zero-order valence-electron chi connectivity index (χ0n) is 16.4. The van der Waals surface area contributed by atoms with Gasteiger partial charge in [-0.25, -0.2) is 4.98 Å². The number of halogens is 1. The second kappa shape index (κ2) is 9.41. The number of amides is 2. The number of benzene rings is 2. The van der Waals surface area contributed by atoms with Crippen molar-refractivity contribution in [3.8, 4) is 0 Å². The van der Waals surface area contributed by atoms with E-state index in [9.17, 15) is 9.59 Å². The van der Waals surface area contributed by atoms with Crippen molar-refractivity contribution in [1.29, 1.82) is 0 Å². The highest BCUT2D eigenvalue weighted by Crippen LogP contribution is 2.22. The van der Waals surface area contributed by atoms with Crippen LogP contribution in [0.5, 0.6) is 0 Å². The molecule has 1 aromatic heterocycles. The van der Waals surface area contributed by atoms with Crippen LogP contribution in [0.1, 0.15) is 34.7 Å². The molecule has 1 N–H and O–H groups in total. The van der Waals surface area contributed by atoms with Crippen LogP contribution < -0.4 is 10.2 Å². The van der Waals surface area contributed by atoms with E-state index in [1.807, 2.05) is 58.8 Å². The molecule has 30 heavy (non-hydrogen) atoms. The molecule has 2 amide bonds. The van der Waals surface area contributed by atoms with E-state index in [2.05, 4.69) is 10.3 Å². The number of hydrogen-bond donors (Lipinski definition) is 1. The lowest BCUT2D eigenvalue weighted by molar-refractivity contribution is -0.120. The van der Waals surface area contributed by atoms with E-state index in [0.717, 1.165) is 40.5 Å². The third kappa shape index (κ3) is 5.26. The Balaban J connectivity index is 1.27. The zero-order chi connectivity index (χ0) is 20.9. The lowest BCUT2D eigenvalue weighted by Crippen LogP contribution is -2.25. The van der Waals surface area contributed by atoms with E-state index in [1.165, 1.54) is 0 Å². The summed E-state index contributed by atoms with van der Waals surface area (Å²) in [4.78, 5) is 30.5. The van der Waals surface area contributed by atoms with Crippen LogP contribution in [0.15, 0.2) is 53.9 Å². The van der Waals surface area contributed by atoms with E-state index in [0.29, 0.717) is 24.4 Å². The van der Waals surface area contributed by atoms with Gasteiger partial charge in [0.05, 0.1) is 17.1 Å². The molecule has 0 spiro atoms. The summed E-state index contributed by atoms with van der Waals surface area (Å²) in [5.74, 6) is 0.113. The molecule has 0 saturated carbocycles.